The molecular weight excluding hydrogens is 327 g/mol. The normalized spacial score (nSPS) is 15.4. The van der Waals surface area contributed by atoms with Gasteiger partial charge in [0.05, 0.1) is 0 Å². The van der Waals surface area contributed by atoms with Gasteiger partial charge in [-0.25, -0.2) is 14.4 Å². The zero-order valence-electron chi connectivity index (χ0n) is 15.8. The molecule has 1 aliphatic rings. The molecule has 1 N–H and O–H groups in total. The first-order valence-electron chi connectivity index (χ1n) is 9.71. The van der Waals surface area contributed by atoms with Crippen LogP contribution in [0.2, 0.25) is 0 Å². The Balaban J connectivity index is 1.40. The number of nitrogens with one attached hydrogen (secondary N) is 1. The van der Waals surface area contributed by atoms with Crippen LogP contribution in [0.3, 0.4) is 0 Å². The number of piperidine rings is 1. The van der Waals surface area contributed by atoms with E-state index in [-0.39, 0.29) is 5.82 Å². The summed E-state index contributed by atoms with van der Waals surface area (Å²) in [6, 6.07) is 9.54. The monoisotopic (exact) mass is 356 g/mol. The molecule has 0 amide bonds. The quantitative estimate of drug-likeness (QED) is 0.769. The standard InChI is InChI=1S/C21H29FN4/c1-3-19-15-21(25-16(2)24-19)26-13-10-20(11-14-26)23-12-4-5-17-6-8-18(22)9-7-17/h6-9,15,20,23H,3-5,10-14H2,1-2H3. The first kappa shape index (κ1) is 18.8. The lowest BCUT2D eigenvalue weighted by Crippen LogP contribution is -2.43. The average molecular weight is 356 g/mol. The van der Waals surface area contributed by atoms with E-state index >= 15 is 0 Å². The Morgan fingerprint density at radius 3 is 2.58 bits per heavy atom. The van der Waals surface area contributed by atoms with Crippen LogP contribution in [0.15, 0.2) is 30.3 Å². The summed E-state index contributed by atoms with van der Waals surface area (Å²) in [6.07, 6.45) is 5.30. The Kier molecular flexibility index (Phi) is 6.56. The van der Waals surface area contributed by atoms with Crippen molar-refractivity contribution in [3.63, 3.8) is 0 Å². The van der Waals surface area contributed by atoms with Gasteiger partial charge in [-0.1, -0.05) is 19.1 Å². The molecule has 0 unspecified atom stereocenters. The van der Waals surface area contributed by atoms with Gasteiger partial charge >= 0.3 is 0 Å². The van der Waals surface area contributed by atoms with Crippen molar-refractivity contribution in [3.05, 3.63) is 53.2 Å². The molecule has 2 aromatic rings. The Morgan fingerprint density at radius 2 is 1.88 bits per heavy atom. The van der Waals surface area contributed by atoms with Gasteiger partial charge in [0, 0.05) is 30.9 Å². The van der Waals surface area contributed by atoms with Gasteiger partial charge in [0.2, 0.25) is 0 Å². The zero-order valence-corrected chi connectivity index (χ0v) is 15.8. The van der Waals surface area contributed by atoms with Crippen LogP contribution in [0.1, 0.15) is 43.3 Å². The van der Waals surface area contributed by atoms with Crippen molar-refractivity contribution in [1.29, 1.82) is 0 Å². The van der Waals surface area contributed by atoms with E-state index in [9.17, 15) is 4.39 Å². The molecule has 26 heavy (non-hydrogen) atoms. The Hall–Kier alpha value is -2.01. The van der Waals surface area contributed by atoms with Gasteiger partial charge in [-0.15, -0.1) is 0 Å². The minimum atomic E-state index is -0.163. The highest BCUT2D eigenvalue weighted by atomic mass is 19.1. The second kappa shape index (κ2) is 9.08. The van der Waals surface area contributed by atoms with Crippen LogP contribution >= 0.6 is 0 Å². The van der Waals surface area contributed by atoms with Crippen LogP contribution in [-0.4, -0.2) is 35.6 Å². The summed E-state index contributed by atoms with van der Waals surface area (Å²) >= 11 is 0. The largest absolute Gasteiger partial charge is 0.356 e. The van der Waals surface area contributed by atoms with Crippen LogP contribution in [0.5, 0.6) is 0 Å². The highest BCUT2D eigenvalue weighted by Gasteiger charge is 2.20. The molecule has 140 valence electrons. The van der Waals surface area contributed by atoms with Crippen LogP contribution in [0.25, 0.3) is 0 Å². The van der Waals surface area contributed by atoms with Crippen molar-refractivity contribution < 1.29 is 4.39 Å². The fourth-order valence-electron chi connectivity index (χ4n) is 3.52. The van der Waals surface area contributed by atoms with Gasteiger partial charge in [0.15, 0.2) is 0 Å². The number of rotatable bonds is 7. The number of aryl methyl sites for hydroxylation is 3. The smallest absolute Gasteiger partial charge is 0.132 e. The van der Waals surface area contributed by atoms with Crippen molar-refractivity contribution in [2.24, 2.45) is 0 Å². The van der Waals surface area contributed by atoms with Gasteiger partial charge in [-0.2, -0.15) is 0 Å². The van der Waals surface area contributed by atoms with E-state index in [0.717, 1.165) is 69.1 Å². The lowest BCUT2D eigenvalue weighted by atomic mass is 10.0. The molecule has 0 bridgehead atoms. The summed E-state index contributed by atoms with van der Waals surface area (Å²) in [7, 11) is 0. The maximum Gasteiger partial charge on any atom is 0.132 e. The molecule has 2 heterocycles. The summed E-state index contributed by atoms with van der Waals surface area (Å²) in [5, 5.41) is 3.68. The van der Waals surface area contributed by atoms with Crippen molar-refractivity contribution in [2.75, 3.05) is 24.5 Å². The molecule has 1 aliphatic heterocycles. The Morgan fingerprint density at radius 1 is 1.15 bits per heavy atom. The SMILES string of the molecule is CCc1cc(N2CCC(NCCCc3ccc(F)cc3)CC2)nc(C)n1. The van der Waals surface area contributed by atoms with Crippen molar-refractivity contribution in [3.8, 4) is 0 Å². The second-order valence-electron chi connectivity index (χ2n) is 7.06. The van der Waals surface area contributed by atoms with E-state index in [0.29, 0.717) is 6.04 Å². The maximum absolute atomic E-state index is 12.9. The summed E-state index contributed by atoms with van der Waals surface area (Å²) in [6.45, 7) is 7.19. The number of aromatic nitrogens is 2. The van der Waals surface area contributed by atoms with Gasteiger partial charge in [-0.05, 0) is 63.3 Å². The minimum absolute atomic E-state index is 0.163. The van der Waals surface area contributed by atoms with E-state index < -0.39 is 0 Å². The maximum atomic E-state index is 12.9. The molecule has 0 radical (unpaired) electrons. The molecule has 1 aromatic heterocycles. The van der Waals surface area contributed by atoms with Crippen LogP contribution in [-0.2, 0) is 12.8 Å². The van der Waals surface area contributed by atoms with Crippen molar-refractivity contribution in [2.45, 2.75) is 52.0 Å². The van der Waals surface area contributed by atoms with Crippen LogP contribution < -0.4 is 10.2 Å². The predicted octanol–water partition coefficient (Wildman–Crippen LogP) is 3.68. The third-order valence-corrected chi connectivity index (χ3v) is 5.05. The average Bonchev–Trinajstić information content (AvgIpc) is 2.66. The fourth-order valence-corrected chi connectivity index (χ4v) is 3.52. The van der Waals surface area contributed by atoms with Crippen molar-refractivity contribution in [1.82, 2.24) is 15.3 Å². The highest BCUT2D eigenvalue weighted by Crippen LogP contribution is 2.19. The molecule has 4 nitrogen and oxygen atoms in total. The first-order chi connectivity index (χ1) is 12.6. The first-order valence-corrected chi connectivity index (χ1v) is 9.71. The van der Waals surface area contributed by atoms with E-state index in [1.807, 2.05) is 19.1 Å². The molecule has 0 aliphatic carbocycles. The van der Waals surface area contributed by atoms with Gasteiger partial charge in [0.25, 0.3) is 0 Å². The molecule has 0 atom stereocenters. The van der Waals surface area contributed by atoms with Gasteiger partial charge in [-0.3, -0.25) is 0 Å². The highest BCUT2D eigenvalue weighted by molar-refractivity contribution is 5.40. The topological polar surface area (TPSA) is 41.0 Å². The number of benzene rings is 1. The van der Waals surface area contributed by atoms with Crippen LogP contribution in [0, 0.1) is 12.7 Å². The predicted molar refractivity (Wildman–Crippen MR) is 104 cm³/mol. The van der Waals surface area contributed by atoms with E-state index in [4.69, 9.17) is 0 Å². The fraction of sp³-hybridized carbons (Fsp3) is 0.524. The molecule has 0 spiro atoms. The molecule has 1 saturated heterocycles. The third kappa shape index (κ3) is 5.24. The Bertz CT molecular complexity index is 694. The van der Waals surface area contributed by atoms with Crippen molar-refractivity contribution >= 4 is 5.82 Å². The molecule has 0 saturated carbocycles. The zero-order chi connectivity index (χ0) is 18.4. The van der Waals surface area contributed by atoms with Gasteiger partial charge in [0.1, 0.15) is 17.5 Å². The van der Waals surface area contributed by atoms with E-state index in [1.54, 1.807) is 0 Å². The number of hydrogen-bond donors (Lipinski definition) is 1. The molecule has 1 aromatic carbocycles. The van der Waals surface area contributed by atoms with Gasteiger partial charge < -0.3 is 10.2 Å². The molecule has 3 rings (SSSR count). The molecular formula is C21H29FN4. The summed E-state index contributed by atoms with van der Waals surface area (Å²) < 4.78 is 12.9. The lowest BCUT2D eigenvalue weighted by Gasteiger charge is -2.33. The Labute approximate surface area is 155 Å². The molecule has 1 fully saturated rings. The number of nitrogens with zero attached hydrogens (tertiary/aromatic N) is 3. The third-order valence-electron chi connectivity index (χ3n) is 5.05. The summed E-state index contributed by atoms with van der Waals surface area (Å²) in [4.78, 5) is 11.5. The van der Waals surface area contributed by atoms with E-state index in [2.05, 4.69) is 33.2 Å². The number of halogens is 1. The second-order valence-corrected chi connectivity index (χ2v) is 7.06. The van der Waals surface area contributed by atoms with E-state index in [1.165, 1.54) is 17.7 Å². The summed E-state index contributed by atoms with van der Waals surface area (Å²) in [5.74, 6) is 1.77. The lowest BCUT2D eigenvalue weighted by molar-refractivity contribution is 0.411. The number of hydrogen-bond acceptors (Lipinski definition) is 4. The summed E-state index contributed by atoms with van der Waals surface area (Å²) in [5.41, 5.74) is 2.32. The molecule has 5 heteroatoms. The van der Waals surface area contributed by atoms with Crippen LogP contribution in [0.4, 0.5) is 10.2 Å². The minimum Gasteiger partial charge on any atom is -0.356 e. The number of anilines is 1.